The van der Waals surface area contributed by atoms with Crippen molar-refractivity contribution in [1.29, 1.82) is 0 Å². The number of aryl methyl sites for hydroxylation is 2. The van der Waals surface area contributed by atoms with E-state index in [0.29, 0.717) is 0 Å². The molecule has 0 fully saturated rings. The summed E-state index contributed by atoms with van der Waals surface area (Å²) < 4.78 is 58.8. The van der Waals surface area contributed by atoms with Crippen molar-refractivity contribution in [2.45, 2.75) is 34.0 Å². The highest BCUT2D eigenvalue weighted by Crippen LogP contribution is 2.36. The van der Waals surface area contributed by atoms with Crippen LogP contribution < -0.4 is 4.74 Å². The van der Waals surface area contributed by atoms with Gasteiger partial charge in [0.2, 0.25) is 19.7 Å². The van der Waals surface area contributed by atoms with E-state index in [9.17, 15) is 16.8 Å². The van der Waals surface area contributed by atoms with E-state index in [-0.39, 0.29) is 30.6 Å². The molecule has 0 bridgehead atoms. The molecular weight excluding hydrogens is 569 g/mol. The number of hydrogen-bond acceptors (Lipinski definition) is 8. The number of nitrogens with zero attached hydrogens (tertiary/aromatic N) is 3. The summed E-state index contributed by atoms with van der Waals surface area (Å²) in [5, 5.41) is -1.40. The van der Waals surface area contributed by atoms with Crippen LogP contribution in [0, 0.1) is 13.8 Å². The minimum Gasteiger partial charge on any atom is -0.423 e. The SMILES string of the molecule is Cc1ccc(S(=O)(=O)c2nc(Oc3cc(Cl)c(Cl)cc3Cl)nc(S(=O)(=O)c3ccc(C)cc3)n2)cc1. The molecular formula is C23H16Cl3N3O5S2. The van der Waals surface area contributed by atoms with Gasteiger partial charge in [0.1, 0.15) is 0 Å². The quantitative estimate of drug-likeness (QED) is 0.257. The van der Waals surface area contributed by atoms with Gasteiger partial charge in [0, 0.05) is 6.07 Å². The lowest BCUT2D eigenvalue weighted by Gasteiger charge is -2.11. The molecule has 4 rings (SSSR count). The number of aromatic nitrogens is 3. The minimum atomic E-state index is -4.35. The Labute approximate surface area is 222 Å². The third kappa shape index (κ3) is 5.33. The second-order valence-corrected chi connectivity index (χ2v) is 12.5. The lowest BCUT2D eigenvalue weighted by atomic mass is 10.2. The Balaban J connectivity index is 1.91. The smallest absolute Gasteiger partial charge is 0.327 e. The van der Waals surface area contributed by atoms with Crippen molar-refractivity contribution in [2.75, 3.05) is 0 Å². The first-order chi connectivity index (χ1) is 16.9. The number of benzene rings is 3. The van der Waals surface area contributed by atoms with E-state index >= 15 is 0 Å². The predicted octanol–water partition coefficient (Wildman–Crippen LogP) is 5.91. The summed E-state index contributed by atoms with van der Waals surface area (Å²) in [5.74, 6) is -0.0744. The van der Waals surface area contributed by atoms with Crippen LogP contribution >= 0.6 is 34.8 Å². The summed E-state index contributed by atoms with van der Waals surface area (Å²) in [4.78, 5) is 11.3. The van der Waals surface area contributed by atoms with Crippen molar-refractivity contribution in [3.8, 4) is 11.8 Å². The van der Waals surface area contributed by atoms with Crippen LogP contribution in [0.5, 0.6) is 11.8 Å². The van der Waals surface area contributed by atoms with Crippen molar-refractivity contribution >= 4 is 54.5 Å². The van der Waals surface area contributed by atoms with Gasteiger partial charge in [0.05, 0.1) is 24.9 Å². The molecule has 0 atom stereocenters. The Morgan fingerprint density at radius 1 is 0.611 bits per heavy atom. The molecule has 186 valence electrons. The molecule has 0 saturated carbocycles. The molecule has 1 aromatic heterocycles. The first kappa shape index (κ1) is 26.3. The number of halogens is 3. The molecule has 0 radical (unpaired) electrons. The summed E-state index contributed by atoms with van der Waals surface area (Å²) in [6.07, 6.45) is 0. The van der Waals surface area contributed by atoms with Gasteiger partial charge >= 0.3 is 6.01 Å². The van der Waals surface area contributed by atoms with Crippen LogP contribution in [0.4, 0.5) is 0 Å². The van der Waals surface area contributed by atoms with Gasteiger partial charge in [0.25, 0.3) is 10.3 Å². The van der Waals surface area contributed by atoms with Crippen molar-refractivity contribution in [3.05, 3.63) is 86.9 Å². The highest BCUT2D eigenvalue weighted by molar-refractivity contribution is 7.92. The second-order valence-electron chi connectivity index (χ2n) is 7.61. The van der Waals surface area contributed by atoms with Crippen molar-refractivity contribution in [3.63, 3.8) is 0 Å². The van der Waals surface area contributed by atoms with Crippen LogP contribution in [0.2, 0.25) is 15.1 Å². The molecule has 0 aliphatic carbocycles. The number of hydrogen-bond donors (Lipinski definition) is 0. The average Bonchev–Trinajstić information content (AvgIpc) is 2.83. The molecule has 0 aliphatic heterocycles. The molecule has 36 heavy (non-hydrogen) atoms. The standard InChI is InChI=1S/C23H16Cl3N3O5S2/c1-13-3-7-15(8-4-13)35(30,31)22-27-21(34-20-12-18(25)17(24)11-19(20)26)28-23(29-22)36(32,33)16-9-5-14(2)6-10-16/h3-12H,1-2H3. The van der Waals surface area contributed by atoms with E-state index in [0.717, 1.165) is 11.1 Å². The Morgan fingerprint density at radius 3 is 1.47 bits per heavy atom. The fourth-order valence-electron chi connectivity index (χ4n) is 2.93. The van der Waals surface area contributed by atoms with Crippen LogP contribution in [-0.4, -0.2) is 31.8 Å². The molecule has 0 saturated heterocycles. The fraction of sp³-hybridized carbons (Fsp3) is 0.0870. The van der Waals surface area contributed by atoms with Gasteiger partial charge in [-0.25, -0.2) is 16.8 Å². The topological polar surface area (TPSA) is 116 Å². The Hall–Kier alpha value is -2.76. The Kier molecular flexibility index (Phi) is 7.27. The van der Waals surface area contributed by atoms with Gasteiger partial charge in [0.15, 0.2) is 5.75 Å². The number of sulfone groups is 2. The molecule has 0 spiro atoms. The highest BCUT2D eigenvalue weighted by atomic mass is 35.5. The first-order valence-corrected chi connectivity index (χ1v) is 14.2. The van der Waals surface area contributed by atoms with Crippen LogP contribution in [-0.2, 0) is 19.7 Å². The molecule has 0 unspecified atom stereocenters. The third-order valence-corrected chi connectivity index (χ3v) is 9.02. The summed E-state index contributed by atoms with van der Waals surface area (Å²) >= 11 is 18.1. The van der Waals surface area contributed by atoms with Gasteiger partial charge in [-0.2, -0.15) is 15.0 Å². The van der Waals surface area contributed by atoms with Crippen molar-refractivity contribution < 1.29 is 21.6 Å². The molecule has 3 aromatic carbocycles. The molecule has 1 heterocycles. The monoisotopic (exact) mass is 583 g/mol. The molecule has 13 heteroatoms. The Morgan fingerprint density at radius 2 is 1.03 bits per heavy atom. The largest absolute Gasteiger partial charge is 0.423 e. The minimum absolute atomic E-state index is 0.00990. The average molecular weight is 585 g/mol. The highest BCUT2D eigenvalue weighted by Gasteiger charge is 2.29. The maximum atomic E-state index is 13.3. The lowest BCUT2D eigenvalue weighted by Crippen LogP contribution is -2.15. The molecule has 0 amide bonds. The van der Waals surface area contributed by atoms with Crippen LogP contribution in [0.15, 0.2) is 80.8 Å². The first-order valence-electron chi connectivity index (χ1n) is 10.1. The normalized spacial score (nSPS) is 11.9. The van der Waals surface area contributed by atoms with E-state index in [1.54, 1.807) is 38.1 Å². The van der Waals surface area contributed by atoms with Gasteiger partial charge in [-0.15, -0.1) is 0 Å². The summed E-state index contributed by atoms with van der Waals surface area (Å²) in [7, 11) is -8.71. The van der Waals surface area contributed by atoms with Crippen molar-refractivity contribution in [1.82, 2.24) is 15.0 Å². The number of ether oxygens (including phenoxy) is 1. The van der Waals surface area contributed by atoms with E-state index in [4.69, 9.17) is 39.5 Å². The maximum Gasteiger partial charge on any atom is 0.327 e. The second kappa shape index (κ2) is 9.95. The van der Waals surface area contributed by atoms with E-state index in [1.165, 1.54) is 36.4 Å². The van der Waals surface area contributed by atoms with Gasteiger partial charge in [-0.05, 0) is 44.2 Å². The molecule has 0 aliphatic rings. The Bertz CT molecular complexity index is 1580. The van der Waals surface area contributed by atoms with E-state index < -0.39 is 36.0 Å². The third-order valence-electron chi connectivity index (χ3n) is 4.89. The van der Waals surface area contributed by atoms with E-state index in [2.05, 4.69) is 15.0 Å². The van der Waals surface area contributed by atoms with Crippen molar-refractivity contribution in [2.24, 2.45) is 0 Å². The van der Waals surface area contributed by atoms with Gasteiger partial charge < -0.3 is 4.74 Å². The van der Waals surface area contributed by atoms with Crippen LogP contribution in [0.3, 0.4) is 0 Å². The zero-order chi connectivity index (χ0) is 26.3. The van der Waals surface area contributed by atoms with Crippen LogP contribution in [0.25, 0.3) is 0 Å². The fourth-order valence-corrected chi connectivity index (χ4v) is 5.79. The summed E-state index contributed by atoms with van der Waals surface area (Å²) in [6.45, 7) is 3.58. The zero-order valence-corrected chi connectivity index (χ0v) is 22.5. The lowest BCUT2D eigenvalue weighted by molar-refractivity contribution is 0.419. The molecule has 0 N–H and O–H groups in total. The maximum absolute atomic E-state index is 13.3. The van der Waals surface area contributed by atoms with E-state index in [1.807, 2.05) is 0 Å². The van der Waals surface area contributed by atoms with Gasteiger partial charge in [-0.1, -0.05) is 70.2 Å². The molecule has 4 aromatic rings. The summed E-state index contributed by atoms with van der Waals surface area (Å²) in [5.41, 5.74) is 1.65. The molecule has 8 nitrogen and oxygen atoms in total. The van der Waals surface area contributed by atoms with Crippen LogP contribution in [0.1, 0.15) is 11.1 Å². The predicted molar refractivity (Wildman–Crippen MR) is 135 cm³/mol. The number of rotatable bonds is 6. The summed E-state index contributed by atoms with van der Waals surface area (Å²) in [6, 6.07) is 13.7. The van der Waals surface area contributed by atoms with Gasteiger partial charge in [-0.3, -0.25) is 0 Å². The zero-order valence-electron chi connectivity index (χ0n) is 18.6.